The summed E-state index contributed by atoms with van der Waals surface area (Å²) in [7, 11) is 0. The summed E-state index contributed by atoms with van der Waals surface area (Å²) in [6.45, 7) is 4.82. The van der Waals surface area contributed by atoms with Gasteiger partial charge in [-0.1, -0.05) is 30.3 Å². The van der Waals surface area contributed by atoms with Crippen LogP contribution in [0.15, 0.2) is 30.3 Å². The normalized spacial score (nSPS) is 11.0. The van der Waals surface area contributed by atoms with Gasteiger partial charge in [-0.25, -0.2) is 0 Å². The zero-order valence-corrected chi connectivity index (χ0v) is 9.19. The van der Waals surface area contributed by atoms with Gasteiger partial charge in [0, 0.05) is 18.8 Å². The summed E-state index contributed by atoms with van der Waals surface area (Å²) in [5, 5.41) is 0. The van der Waals surface area contributed by atoms with Crippen molar-refractivity contribution < 1.29 is 9.47 Å². The van der Waals surface area contributed by atoms with E-state index < -0.39 is 5.79 Å². The van der Waals surface area contributed by atoms with Crippen LogP contribution in [0.25, 0.3) is 0 Å². The van der Waals surface area contributed by atoms with Crippen LogP contribution >= 0.6 is 0 Å². The Labute approximate surface area is 91.2 Å². The second kappa shape index (κ2) is 5.55. The highest BCUT2D eigenvalue weighted by atomic mass is 16.7. The summed E-state index contributed by atoms with van der Waals surface area (Å²) in [6.07, 6.45) is 5.51. The van der Waals surface area contributed by atoms with E-state index in [2.05, 4.69) is 5.92 Å². The van der Waals surface area contributed by atoms with Crippen molar-refractivity contribution in [3.63, 3.8) is 0 Å². The van der Waals surface area contributed by atoms with Crippen LogP contribution in [0.5, 0.6) is 0 Å². The van der Waals surface area contributed by atoms with E-state index in [1.54, 1.807) is 0 Å². The molecule has 0 unspecified atom stereocenters. The molecule has 15 heavy (non-hydrogen) atoms. The molecule has 0 saturated carbocycles. The number of terminal acetylenes is 1. The van der Waals surface area contributed by atoms with Gasteiger partial charge < -0.3 is 9.47 Å². The quantitative estimate of drug-likeness (QED) is 0.542. The van der Waals surface area contributed by atoms with E-state index in [-0.39, 0.29) is 0 Å². The predicted molar refractivity (Wildman–Crippen MR) is 60.2 cm³/mol. The van der Waals surface area contributed by atoms with Crippen LogP contribution in [0.2, 0.25) is 0 Å². The predicted octanol–water partition coefficient (Wildman–Crippen LogP) is 2.55. The molecule has 1 aromatic rings. The van der Waals surface area contributed by atoms with Crippen LogP contribution in [-0.2, 0) is 15.3 Å². The molecule has 1 aromatic carbocycles. The molecule has 1 rings (SSSR count). The highest BCUT2D eigenvalue weighted by Crippen LogP contribution is 2.26. The Bertz CT molecular complexity index is 318. The Morgan fingerprint density at radius 2 is 1.67 bits per heavy atom. The van der Waals surface area contributed by atoms with Crippen molar-refractivity contribution >= 4 is 0 Å². The second-order valence-corrected chi connectivity index (χ2v) is 2.99. The molecule has 0 N–H and O–H groups in total. The fraction of sp³-hybridized carbons (Fsp3) is 0.385. The van der Waals surface area contributed by atoms with Gasteiger partial charge in [0.1, 0.15) is 0 Å². The molecule has 0 heterocycles. The zero-order chi connectivity index (χ0) is 11.1. The van der Waals surface area contributed by atoms with Crippen molar-refractivity contribution in [1.29, 1.82) is 0 Å². The van der Waals surface area contributed by atoms with E-state index >= 15 is 0 Å². The van der Waals surface area contributed by atoms with E-state index in [4.69, 9.17) is 15.9 Å². The van der Waals surface area contributed by atoms with E-state index in [9.17, 15) is 0 Å². The number of hydrogen-bond acceptors (Lipinski definition) is 2. The van der Waals surface area contributed by atoms with E-state index in [1.165, 1.54) is 0 Å². The number of rotatable bonds is 5. The van der Waals surface area contributed by atoms with Crippen molar-refractivity contribution in [2.75, 3.05) is 13.2 Å². The fourth-order valence-corrected chi connectivity index (χ4v) is 1.44. The third kappa shape index (κ3) is 2.59. The maximum atomic E-state index is 5.55. The molecule has 0 saturated heterocycles. The van der Waals surface area contributed by atoms with Crippen LogP contribution in [0.4, 0.5) is 0 Å². The van der Waals surface area contributed by atoms with Gasteiger partial charge in [0.2, 0.25) is 0 Å². The number of benzene rings is 1. The minimum absolute atomic E-state index is 0.513. The SMILES string of the molecule is C#CC(OCC)(OCC)c1ccccc1. The first-order valence-electron chi connectivity index (χ1n) is 5.10. The van der Waals surface area contributed by atoms with Crippen LogP contribution in [0.1, 0.15) is 19.4 Å². The summed E-state index contributed by atoms with van der Waals surface area (Å²) in [5.41, 5.74) is 0.858. The first-order chi connectivity index (χ1) is 7.29. The van der Waals surface area contributed by atoms with Crippen LogP contribution < -0.4 is 0 Å². The fourth-order valence-electron chi connectivity index (χ4n) is 1.44. The molecule has 80 valence electrons. The van der Waals surface area contributed by atoms with Crippen LogP contribution in [0, 0.1) is 12.3 Å². The average Bonchev–Trinajstić information content (AvgIpc) is 2.30. The molecule has 0 bridgehead atoms. The van der Waals surface area contributed by atoms with Crippen LogP contribution in [0.3, 0.4) is 0 Å². The topological polar surface area (TPSA) is 18.5 Å². The van der Waals surface area contributed by atoms with Gasteiger partial charge in [-0.15, -0.1) is 6.42 Å². The largest absolute Gasteiger partial charge is 0.336 e. The molecule has 0 atom stereocenters. The van der Waals surface area contributed by atoms with Gasteiger partial charge in [-0.05, 0) is 19.8 Å². The molecule has 0 radical (unpaired) electrons. The monoisotopic (exact) mass is 204 g/mol. The summed E-state index contributed by atoms with van der Waals surface area (Å²) in [5.74, 6) is 1.55. The Morgan fingerprint density at radius 3 is 2.07 bits per heavy atom. The number of ether oxygens (including phenoxy) is 2. The van der Waals surface area contributed by atoms with Gasteiger partial charge in [-0.2, -0.15) is 0 Å². The molecule has 0 aliphatic heterocycles. The van der Waals surface area contributed by atoms with Crippen LogP contribution in [-0.4, -0.2) is 13.2 Å². The Hall–Kier alpha value is -1.30. The second-order valence-electron chi connectivity index (χ2n) is 2.99. The molecular formula is C13H16O2. The van der Waals surface area contributed by atoms with Crippen molar-refractivity contribution in [2.24, 2.45) is 0 Å². The molecular weight excluding hydrogens is 188 g/mol. The van der Waals surface area contributed by atoms with Crippen molar-refractivity contribution in [3.8, 4) is 12.3 Å². The molecule has 0 aliphatic rings. The molecule has 0 aliphatic carbocycles. The smallest absolute Gasteiger partial charge is 0.261 e. The zero-order valence-electron chi connectivity index (χ0n) is 9.19. The summed E-state index contributed by atoms with van der Waals surface area (Å²) < 4.78 is 11.1. The van der Waals surface area contributed by atoms with Crippen molar-refractivity contribution in [3.05, 3.63) is 35.9 Å². The average molecular weight is 204 g/mol. The molecule has 0 amide bonds. The lowest BCUT2D eigenvalue weighted by Gasteiger charge is -2.28. The lowest BCUT2D eigenvalue weighted by atomic mass is 10.1. The lowest BCUT2D eigenvalue weighted by Crippen LogP contribution is -2.31. The summed E-state index contributed by atoms with van der Waals surface area (Å²) in [4.78, 5) is 0. The minimum Gasteiger partial charge on any atom is -0.336 e. The molecule has 0 fully saturated rings. The molecule has 2 nitrogen and oxygen atoms in total. The highest BCUT2D eigenvalue weighted by molar-refractivity contribution is 5.27. The van der Waals surface area contributed by atoms with Gasteiger partial charge in [0.05, 0.1) is 0 Å². The van der Waals surface area contributed by atoms with Gasteiger partial charge in [-0.3, -0.25) is 0 Å². The highest BCUT2D eigenvalue weighted by Gasteiger charge is 2.30. The van der Waals surface area contributed by atoms with Crippen molar-refractivity contribution in [1.82, 2.24) is 0 Å². The molecule has 0 aromatic heterocycles. The van der Waals surface area contributed by atoms with Gasteiger partial charge >= 0.3 is 0 Å². The Kier molecular flexibility index (Phi) is 4.36. The Balaban J connectivity index is 3.05. The van der Waals surface area contributed by atoms with E-state index in [0.717, 1.165) is 5.56 Å². The van der Waals surface area contributed by atoms with Gasteiger partial charge in [0.25, 0.3) is 5.79 Å². The standard InChI is InChI=1S/C13H16O2/c1-4-13(14-5-2,15-6-3)12-10-8-7-9-11-12/h1,7-11H,5-6H2,2-3H3. The molecule has 0 spiro atoms. The van der Waals surface area contributed by atoms with E-state index in [1.807, 2.05) is 44.2 Å². The lowest BCUT2D eigenvalue weighted by molar-refractivity contribution is -0.200. The maximum Gasteiger partial charge on any atom is 0.261 e. The third-order valence-corrected chi connectivity index (χ3v) is 2.04. The van der Waals surface area contributed by atoms with E-state index in [0.29, 0.717) is 13.2 Å². The Morgan fingerprint density at radius 1 is 1.13 bits per heavy atom. The summed E-state index contributed by atoms with van der Waals surface area (Å²) in [6, 6.07) is 9.58. The minimum atomic E-state index is -1.04. The van der Waals surface area contributed by atoms with Crippen molar-refractivity contribution in [2.45, 2.75) is 19.6 Å². The number of hydrogen-bond donors (Lipinski definition) is 0. The first kappa shape index (κ1) is 11.8. The maximum absolute atomic E-state index is 5.55. The summed E-state index contributed by atoms with van der Waals surface area (Å²) >= 11 is 0. The van der Waals surface area contributed by atoms with Gasteiger partial charge in [0.15, 0.2) is 0 Å². The molecule has 2 heteroatoms. The first-order valence-corrected chi connectivity index (χ1v) is 5.10. The third-order valence-electron chi connectivity index (χ3n) is 2.04.